The summed E-state index contributed by atoms with van der Waals surface area (Å²) in [6, 6.07) is 10.7. The minimum Gasteiger partial charge on any atom is -0.302 e. The zero-order valence-corrected chi connectivity index (χ0v) is 12.3. The van der Waals surface area contributed by atoms with Gasteiger partial charge in [-0.1, -0.05) is 37.3 Å². The van der Waals surface area contributed by atoms with Crippen LogP contribution in [-0.2, 0) is 4.79 Å². The minimum absolute atomic E-state index is 0.0445. The Kier molecular flexibility index (Phi) is 4.07. The van der Waals surface area contributed by atoms with E-state index in [1.54, 1.807) is 0 Å². The molecule has 3 nitrogen and oxygen atoms in total. The molecule has 1 aromatic rings. The molecule has 0 aliphatic carbocycles. The molecule has 0 aromatic heterocycles. The molecule has 1 aromatic carbocycles. The fourth-order valence-electron chi connectivity index (χ4n) is 2.97. The van der Waals surface area contributed by atoms with Crippen LogP contribution < -0.4 is 0 Å². The molecule has 19 heavy (non-hydrogen) atoms. The molecule has 3 heteroatoms. The molecule has 1 saturated heterocycles. The van der Waals surface area contributed by atoms with Gasteiger partial charge in [-0.25, -0.2) is 10.0 Å². The number of rotatable bonds is 4. The summed E-state index contributed by atoms with van der Waals surface area (Å²) in [6.45, 7) is 6.54. The first kappa shape index (κ1) is 14.2. The molecule has 2 unspecified atom stereocenters. The first-order chi connectivity index (χ1) is 9.01. The molecule has 1 heterocycles. The van der Waals surface area contributed by atoms with Crippen LogP contribution in [0, 0.1) is 0 Å². The van der Waals surface area contributed by atoms with E-state index in [0.29, 0.717) is 0 Å². The average Bonchev–Trinajstić information content (AvgIpc) is 2.65. The van der Waals surface area contributed by atoms with Gasteiger partial charge in [-0.3, -0.25) is 0 Å². The third kappa shape index (κ3) is 2.58. The van der Waals surface area contributed by atoms with E-state index in [-0.39, 0.29) is 17.6 Å². The van der Waals surface area contributed by atoms with Crippen LogP contribution in [-0.4, -0.2) is 34.9 Å². The molecule has 0 bridgehead atoms. The van der Waals surface area contributed by atoms with Gasteiger partial charge in [-0.15, -0.1) is 0 Å². The molecule has 1 fully saturated rings. The topological polar surface area (TPSA) is 23.6 Å². The zero-order chi connectivity index (χ0) is 14.0. The second-order valence-electron chi connectivity index (χ2n) is 5.96. The van der Waals surface area contributed by atoms with Gasteiger partial charge in [0.1, 0.15) is 6.29 Å². The maximum Gasteiger partial charge on any atom is 0.138 e. The lowest BCUT2D eigenvalue weighted by molar-refractivity contribution is -0.124. The number of carbonyl (C=O) groups excluding carboxylic acids is 1. The fraction of sp³-hybridized carbons (Fsp3) is 0.562. The number of aldehydes is 1. The van der Waals surface area contributed by atoms with E-state index in [4.69, 9.17) is 0 Å². The molecular weight excluding hydrogens is 236 g/mol. The smallest absolute Gasteiger partial charge is 0.138 e. The van der Waals surface area contributed by atoms with E-state index in [0.717, 1.165) is 19.1 Å². The highest BCUT2D eigenvalue weighted by Gasteiger charge is 2.45. The summed E-state index contributed by atoms with van der Waals surface area (Å²) < 4.78 is 0. The Morgan fingerprint density at radius 2 is 2.00 bits per heavy atom. The predicted octanol–water partition coefficient (Wildman–Crippen LogP) is 3.04. The summed E-state index contributed by atoms with van der Waals surface area (Å²) in [6.07, 6.45) is 2.96. The largest absolute Gasteiger partial charge is 0.302 e. The Bertz CT molecular complexity index is 430. The van der Waals surface area contributed by atoms with Crippen LogP contribution in [0.5, 0.6) is 0 Å². The van der Waals surface area contributed by atoms with Crippen molar-refractivity contribution in [3.8, 4) is 0 Å². The van der Waals surface area contributed by atoms with Gasteiger partial charge in [0.15, 0.2) is 0 Å². The van der Waals surface area contributed by atoms with Crippen molar-refractivity contribution in [1.82, 2.24) is 10.0 Å². The van der Waals surface area contributed by atoms with Crippen LogP contribution >= 0.6 is 0 Å². The molecule has 0 spiro atoms. The maximum absolute atomic E-state index is 11.4. The standard InChI is InChI=1S/C16H24N2O/c1-5-14(12-19)18-15(11-16(2,3)17(18)4)13-9-7-6-8-10-13/h6-10,12,14-15H,5,11H2,1-4H3. The lowest BCUT2D eigenvalue weighted by atomic mass is 9.93. The molecular formula is C16H24N2O. The van der Waals surface area contributed by atoms with Gasteiger partial charge in [0.2, 0.25) is 0 Å². The van der Waals surface area contributed by atoms with Gasteiger partial charge in [0.25, 0.3) is 0 Å². The van der Waals surface area contributed by atoms with Gasteiger partial charge in [-0.05, 0) is 32.3 Å². The summed E-state index contributed by atoms with van der Waals surface area (Å²) in [5, 5.41) is 4.50. The quantitative estimate of drug-likeness (QED) is 0.777. The Morgan fingerprint density at radius 1 is 1.37 bits per heavy atom. The summed E-state index contributed by atoms with van der Waals surface area (Å²) >= 11 is 0. The average molecular weight is 260 g/mol. The summed E-state index contributed by atoms with van der Waals surface area (Å²) in [5.41, 5.74) is 1.37. The van der Waals surface area contributed by atoms with Gasteiger partial charge < -0.3 is 4.79 Å². The van der Waals surface area contributed by atoms with Gasteiger partial charge in [0, 0.05) is 12.6 Å². The Morgan fingerprint density at radius 3 is 2.53 bits per heavy atom. The normalized spacial score (nSPS) is 25.4. The number of benzene rings is 1. The van der Waals surface area contributed by atoms with E-state index in [9.17, 15) is 4.79 Å². The van der Waals surface area contributed by atoms with E-state index in [1.165, 1.54) is 5.56 Å². The molecule has 0 N–H and O–H groups in total. The second kappa shape index (κ2) is 5.43. The highest BCUT2D eigenvalue weighted by Crippen LogP contribution is 2.42. The Balaban J connectivity index is 2.37. The van der Waals surface area contributed by atoms with E-state index >= 15 is 0 Å². The lowest BCUT2D eigenvalue weighted by Gasteiger charge is -2.38. The van der Waals surface area contributed by atoms with Crippen molar-refractivity contribution in [2.75, 3.05) is 7.05 Å². The highest BCUT2D eigenvalue weighted by molar-refractivity contribution is 5.57. The van der Waals surface area contributed by atoms with Crippen LogP contribution in [0.15, 0.2) is 30.3 Å². The number of hydrogen-bond donors (Lipinski definition) is 0. The van der Waals surface area contributed by atoms with Gasteiger partial charge in [-0.2, -0.15) is 0 Å². The number of carbonyl (C=O) groups is 1. The minimum atomic E-state index is -0.0445. The van der Waals surface area contributed by atoms with Crippen molar-refractivity contribution in [1.29, 1.82) is 0 Å². The van der Waals surface area contributed by atoms with E-state index < -0.39 is 0 Å². The Labute approximate surface area is 116 Å². The molecule has 0 saturated carbocycles. The molecule has 0 amide bonds. The van der Waals surface area contributed by atoms with Crippen LogP contribution in [0.2, 0.25) is 0 Å². The lowest BCUT2D eigenvalue weighted by Crippen LogP contribution is -2.49. The highest BCUT2D eigenvalue weighted by atomic mass is 16.1. The summed E-state index contributed by atoms with van der Waals surface area (Å²) in [4.78, 5) is 11.4. The van der Waals surface area contributed by atoms with Crippen LogP contribution in [0.1, 0.15) is 45.2 Å². The summed E-state index contributed by atoms with van der Waals surface area (Å²) in [7, 11) is 2.09. The SMILES string of the molecule is CCC(C=O)N1C(c2ccccc2)CC(C)(C)N1C. The van der Waals surface area contributed by atoms with Crippen molar-refractivity contribution < 1.29 is 4.79 Å². The molecule has 2 rings (SSSR count). The number of hydrogen-bond acceptors (Lipinski definition) is 3. The predicted molar refractivity (Wildman–Crippen MR) is 77.6 cm³/mol. The zero-order valence-electron chi connectivity index (χ0n) is 12.3. The Hall–Kier alpha value is -1.19. The molecule has 1 aliphatic heterocycles. The third-order valence-corrected chi connectivity index (χ3v) is 4.33. The summed E-state index contributed by atoms with van der Waals surface area (Å²) in [5.74, 6) is 0. The van der Waals surface area contributed by atoms with Crippen molar-refractivity contribution in [2.24, 2.45) is 0 Å². The first-order valence-electron chi connectivity index (χ1n) is 7.03. The van der Waals surface area contributed by atoms with Gasteiger partial charge >= 0.3 is 0 Å². The van der Waals surface area contributed by atoms with Crippen molar-refractivity contribution in [3.63, 3.8) is 0 Å². The number of hydrazine groups is 1. The van der Waals surface area contributed by atoms with Crippen LogP contribution in [0.25, 0.3) is 0 Å². The van der Waals surface area contributed by atoms with E-state index in [2.05, 4.69) is 62.1 Å². The van der Waals surface area contributed by atoms with Gasteiger partial charge in [0.05, 0.1) is 12.1 Å². The second-order valence-corrected chi connectivity index (χ2v) is 5.96. The molecule has 104 valence electrons. The third-order valence-electron chi connectivity index (χ3n) is 4.33. The van der Waals surface area contributed by atoms with E-state index in [1.807, 2.05) is 6.07 Å². The first-order valence-corrected chi connectivity index (χ1v) is 7.03. The molecule has 0 radical (unpaired) electrons. The van der Waals surface area contributed by atoms with Crippen molar-refractivity contribution in [2.45, 2.75) is 51.2 Å². The van der Waals surface area contributed by atoms with Crippen LogP contribution in [0.4, 0.5) is 0 Å². The maximum atomic E-state index is 11.4. The van der Waals surface area contributed by atoms with Crippen molar-refractivity contribution >= 4 is 6.29 Å². The van der Waals surface area contributed by atoms with Crippen molar-refractivity contribution in [3.05, 3.63) is 35.9 Å². The number of nitrogens with zero attached hydrogens (tertiary/aromatic N) is 2. The fourth-order valence-corrected chi connectivity index (χ4v) is 2.97. The monoisotopic (exact) mass is 260 g/mol. The molecule has 2 atom stereocenters. The molecule has 1 aliphatic rings. The van der Waals surface area contributed by atoms with Crippen LogP contribution in [0.3, 0.4) is 0 Å².